The molecule has 1 amide bonds. The predicted molar refractivity (Wildman–Crippen MR) is 127 cm³/mol. The molecule has 1 N–H and O–H groups in total. The van der Waals surface area contributed by atoms with E-state index in [4.69, 9.17) is 16.3 Å². The van der Waals surface area contributed by atoms with Crippen molar-refractivity contribution >= 4 is 33.2 Å². The molecule has 0 aliphatic heterocycles. The Morgan fingerprint density at radius 1 is 1.00 bits per heavy atom. The van der Waals surface area contributed by atoms with Crippen LogP contribution >= 0.6 is 11.6 Å². The van der Waals surface area contributed by atoms with Crippen LogP contribution in [-0.2, 0) is 14.8 Å². The summed E-state index contributed by atoms with van der Waals surface area (Å²) in [6.07, 6.45) is 0. The summed E-state index contributed by atoms with van der Waals surface area (Å²) in [7, 11) is -4.02. The number of sulfonamides is 1. The third-order valence-corrected chi connectivity index (χ3v) is 6.84. The monoisotopic (exact) mass is 472 g/mol. The number of carbonyl (C=O) groups is 1. The van der Waals surface area contributed by atoms with E-state index in [0.717, 1.165) is 9.87 Å². The molecule has 6 nitrogen and oxygen atoms in total. The maximum absolute atomic E-state index is 13.4. The Kier molecular flexibility index (Phi) is 7.77. The first kappa shape index (κ1) is 23.6. The number of hydrogen-bond acceptors (Lipinski definition) is 4. The summed E-state index contributed by atoms with van der Waals surface area (Å²) in [5.74, 6) is 0.190. The van der Waals surface area contributed by atoms with Crippen molar-refractivity contribution in [1.29, 1.82) is 0 Å². The summed E-state index contributed by atoms with van der Waals surface area (Å²) < 4.78 is 33.4. The van der Waals surface area contributed by atoms with Gasteiger partial charge in [-0.15, -0.1) is 0 Å². The molecule has 0 bridgehead atoms. The third kappa shape index (κ3) is 5.81. The smallest absolute Gasteiger partial charge is 0.264 e. The molecular formula is C24H25ClN2O4S. The molecule has 0 radical (unpaired) electrons. The highest BCUT2D eigenvalue weighted by atomic mass is 35.5. The van der Waals surface area contributed by atoms with Crippen molar-refractivity contribution in [1.82, 2.24) is 5.32 Å². The fraction of sp³-hybridized carbons (Fsp3) is 0.208. The molecule has 0 aliphatic rings. The van der Waals surface area contributed by atoms with E-state index in [1.165, 1.54) is 24.3 Å². The van der Waals surface area contributed by atoms with Crippen LogP contribution in [0.3, 0.4) is 0 Å². The summed E-state index contributed by atoms with van der Waals surface area (Å²) in [5.41, 5.74) is 1.28. The second-order valence-electron chi connectivity index (χ2n) is 7.09. The molecule has 168 valence electrons. The maximum atomic E-state index is 13.4. The van der Waals surface area contributed by atoms with Crippen LogP contribution in [0.1, 0.15) is 25.5 Å². The van der Waals surface area contributed by atoms with Gasteiger partial charge in [-0.2, -0.15) is 0 Å². The van der Waals surface area contributed by atoms with Gasteiger partial charge in [0.1, 0.15) is 12.3 Å². The molecule has 0 saturated heterocycles. The van der Waals surface area contributed by atoms with Crippen molar-refractivity contribution in [2.75, 3.05) is 17.5 Å². The topological polar surface area (TPSA) is 75.7 Å². The first-order chi connectivity index (χ1) is 15.3. The molecular weight excluding hydrogens is 448 g/mol. The molecule has 0 aliphatic carbocycles. The number of ether oxygens (including phenoxy) is 1. The Bertz CT molecular complexity index is 1130. The lowest BCUT2D eigenvalue weighted by Gasteiger charge is -2.25. The lowest BCUT2D eigenvalue weighted by Crippen LogP contribution is -2.41. The van der Waals surface area contributed by atoms with Gasteiger partial charge in [-0.05, 0) is 67.9 Å². The van der Waals surface area contributed by atoms with Gasteiger partial charge >= 0.3 is 0 Å². The third-order valence-electron chi connectivity index (χ3n) is 4.80. The number of hydrogen-bond donors (Lipinski definition) is 1. The first-order valence-corrected chi connectivity index (χ1v) is 12.0. The molecule has 3 rings (SSSR count). The van der Waals surface area contributed by atoms with Gasteiger partial charge in [0, 0.05) is 5.02 Å². The minimum Gasteiger partial charge on any atom is -0.494 e. The van der Waals surface area contributed by atoms with Crippen LogP contribution in [0, 0.1) is 0 Å². The number of nitrogens with one attached hydrogen (secondary N) is 1. The second-order valence-corrected chi connectivity index (χ2v) is 9.39. The van der Waals surface area contributed by atoms with Gasteiger partial charge in [-0.3, -0.25) is 9.10 Å². The molecule has 0 saturated carbocycles. The molecule has 1 atom stereocenters. The highest BCUT2D eigenvalue weighted by Gasteiger charge is 2.27. The van der Waals surface area contributed by atoms with Gasteiger partial charge in [0.25, 0.3) is 10.0 Å². The van der Waals surface area contributed by atoms with Crippen LogP contribution in [0.4, 0.5) is 5.69 Å². The maximum Gasteiger partial charge on any atom is 0.264 e. The summed E-state index contributed by atoms with van der Waals surface area (Å²) in [5, 5.41) is 3.29. The van der Waals surface area contributed by atoms with E-state index in [-0.39, 0.29) is 17.5 Å². The summed E-state index contributed by atoms with van der Waals surface area (Å²) in [6.45, 7) is 3.83. The second kappa shape index (κ2) is 10.5. The van der Waals surface area contributed by atoms with Gasteiger partial charge in [0.05, 0.1) is 23.2 Å². The van der Waals surface area contributed by atoms with Gasteiger partial charge in [0.2, 0.25) is 5.91 Å². The van der Waals surface area contributed by atoms with Gasteiger partial charge < -0.3 is 10.1 Å². The standard InChI is InChI=1S/C24H25ClN2O4S/c1-3-31-22-13-11-21(12-14-22)27(32(29,30)23-15-9-20(25)10-16-23)17-24(28)26-18(2)19-7-5-4-6-8-19/h4-16,18H,3,17H2,1-2H3,(H,26,28)/t18-/m1/s1. The zero-order chi connectivity index (χ0) is 23.1. The molecule has 0 heterocycles. The lowest BCUT2D eigenvalue weighted by atomic mass is 10.1. The molecule has 0 spiro atoms. The SMILES string of the molecule is CCOc1ccc(N(CC(=O)N[C@H](C)c2ccccc2)S(=O)(=O)c2ccc(Cl)cc2)cc1. The van der Waals surface area contributed by atoms with Crippen LogP contribution in [0.5, 0.6) is 5.75 Å². The number of rotatable bonds is 9. The van der Waals surface area contributed by atoms with Gasteiger partial charge in [0.15, 0.2) is 0 Å². The molecule has 3 aromatic carbocycles. The van der Waals surface area contributed by atoms with Crippen molar-refractivity contribution in [2.24, 2.45) is 0 Å². The Morgan fingerprint density at radius 2 is 1.62 bits per heavy atom. The molecule has 32 heavy (non-hydrogen) atoms. The van der Waals surface area contributed by atoms with E-state index < -0.39 is 15.9 Å². The fourth-order valence-corrected chi connectivity index (χ4v) is 4.71. The number of halogens is 1. The van der Waals surface area contributed by atoms with E-state index >= 15 is 0 Å². The van der Waals surface area contributed by atoms with E-state index in [0.29, 0.717) is 23.1 Å². The van der Waals surface area contributed by atoms with Crippen LogP contribution in [-0.4, -0.2) is 27.5 Å². The number of anilines is 1. The Labute approximate surface area is 193 Å². The van der Waals surface area contributed by atoms with Crippen LogP contribution in [0.15, 0.2) is 83.8 Å². The number of amides is 1. The highest BCUT2D eigenvalue weighted by molar-refractivity contribution is 7.92. The zero-order valence-electron chi connectivity index (χ0n) is 17.9. The van der Waals surface area contributed by atoms with Crippen molar-refractivity contribution in [3.63, 3.8) is 0 Å². The largest absolute Gasteiger partial charge is 0.494 e. The number of nitrogens with zero attached hydrogens (tertiary/aromatic N) is 1. The van der Waals surface area contributed by atoms with E-state index in [1.807, 2.05) is 44.2 Å². The Morgan fingerprint density at radius 3 is 2.22 bits per heavy atom. The van der Waals surface area contributed by atoms with Gasteiger partial charge in [-0.25, -0.2) is 8.42 Å². The number of benzene rings is 3. The molecule has 0 aromatic heterocycles. The Balaban J connectivity index is 1.89. The summed E-state index contributed by atoms with van der Waals surface area (Å²) in [4.78, 5) is 12.9. The average molecular weight is 473 g/mol. The lowest BCUT2D eigenvalue weighted by molar-refractivity contribution is -0.120. The van der Waals surface area contributed by atoms with Crippen molar-refractivity contribution in [3.05, 3.63) is 89.4 Å². The number of carbonyl (C=O) groups excluding carboxylic acids is 1. The van der Waals surface area contributed by atoms with E-state index in [2.05, 4.69) is 5.32 Å². The van der Waals surface area contributed by atoms with Crippen LogP contribution in [0.2, 0.25) is 5.02 Å². The van der Waals surface area contributed by atoms with Crippen LogP contribution < -0.4 is 14.4 Å². The average Bonchev–Trinajstić information content (AvgIpc) is 2.79. The van der Waals surface area contributed by atoms with E-state index in [1.54, 1.807) is 24.3 Å². The predicted octanol–water partition coefficient (Wildman–Crippen LogP) is 4.81. The van der Waals surface area contributed by atoms with Gasteiger partial charge in [-0.1, -0.05) is 41.9 Å². The Hall–Kier alpha value is -3.03. The first-order valence-electron chi connectivity index (χ1n) is 10.2. The fourth-order valence-electron chi connectivity index (χ4n) is 3.17. The highest BCUT2D eigenvalue weighted by Crippen LogP contribution is 2.27. The summed E-state index contributed by atoms with van der Waals surface area (Å²) in [6, 6.07) is 21.6. The molecule has 0 fully saturated rings. The quantitative estimate of drug-likeness (QED) is 0.484. The van der Waals surface area contributed by atoms with E-state index in [9.17, 15) is 13.2 Å². The van der Waals surface area contributed by atoms with Crippen molar-refractivity contribution in [2.45, 2.75) is 24.8 Å². The van der Waals surface area contributed by atoms with Crippen molar-refractivity contribution < 1.29 is 17.9 Å². The van der Waals surface area contributed by atoms with Crippen LogP contribution in [0.25, 0.3) is 0 Å². The summed E-state index contributed by atoms with van der Waals surface area (Å²) >= 11 is 5.92. The molecule has 3 aromatic rings. The molecule has 8 heteroatoms. The zero-order valence-corrected chi connectivity index (χ0v) is 19.4. The minimum atomic E-state index is -4.02. The minimum absolute atomic E-state index is 0.0414. The normalized spacial score (nSPS) is 12.1. The molecule has 0 unspecified atom stereocenters. The van der Waals surface area contributed by atoms with Crippen molar-refractivity contribution in [3.8, 4) is 5.75 Å².